The van der Waals surface area contributed by atoms with Crippen molar-refractivity contribution < 1.29 is 0 Å². The van der Waals surface area contributed by atoms with E-state index < -0.39 is 0 Å². The van der Waals surface area contributed by atoms with Crippen LogP contribution in [-0.4, -0.2) is 24.9 Å². The fourth-order valence-electron chi connectivity index (χ4n) is 5.19. The highest BCUT2D eigenvalue weighted by Crippen LogP contribution is 2.50. The maximum atomic E-state index is 4.88. The third-order valence-electron chi connectivity index (χ3n) is 6.50. The molecule has 0 amide bonds. The molecule has 0 unspecified atom stereocenters. The predicted octanol–water partition coefficient (Wildman–Crippen LogP) is 7.84. The van der Waals surface area contributed by atoms with Crippen LogP contribution in [0.15, 0.2) is 88.8 Å². The molecule has 0 aliphatic heterocycles. The monoisotopic (exact) mass is 483 g/mol. The van der Waals surface area contributed by atoms with Gasteiger partial charge >= 0.3 is 0 Å². The second-order valence-electron chi connectivity index (χ2n) is 8.21. The van der Waals surface area contributed by atoms with Crippen molar-refractivity contribution >= 4 is 79.0 Å². The molecular formula is C28H13N5S2. The summed E-state index contributed by atoms with van der Waals surface area (Å²) in [5, 5.41) is 9.37. The summed E-state index contributed by atoms with van der Waals surface area (Å²) in [5.41, 5.74) is 6.77. The van der Waals surface area contributed by atoms with Gasteiger partial charge < -0.3 is 4.57 Å². The van der Waals surface area contributed by atoms with Crippen LogP contribution in [0.2, 0.25) is 0 Å². The highest BCUT2D eigenvalue weighted by molar-refractivity contribution is 7.78. The van der Waals surface area contributed by atoms with Crippen LogP contribution in [0.1, 0.15) is 0 Å². The molecular weight excluding hydrogens is 470 g/mol. The Morgan fingerprint density at radius 3 is 1.94 bits per heavy atom. The third kappa shape index (κ3) is 2.75. The van der Waals surface area contributed by atoms with Crippen LogP contribution in [0, 0.1) is 0 Å². The minimum Gasteiger partial charge on any atom is -0.309 e. The van der Waals surface area contributed by atoms with Gasteiger partial charge in [0.1, 0.15) is 5.69 Å². The lowest BCUT2D eigenvalue weighted by atomic mass is 10.0. The van der Waals surface area contributed by atoms with Gasteiger partial charge in [-0.1, -0.05) is 60.7 Å². The van der Waals surface area contributed by atoms with Crippen LogP contribution in [0.4, 0.5) is 11.6 Å². The molecule has 0 atom stereocenters. The first kappa shape index (κ1) is 20.0. The number of benzene rings is 4. The summed E-state index contributed by atoms with van der Waals surface area (Å²) >= 11 is 9.69. The van der Waals surface area contributed by atoms with Crippen molar-refractivity contribution in [3.05, 3.63) is 78.9 Å². The zero-order valence-corrected chi connectivity index (χ0v) is 19.7. The van der Waals surface area contributed by atoms with Crippen molar-refractivity contribution in [3.63, 3.8) is 0 Å². The number of rotatable bonds is 3. The van der Waals surface area contributed by atoms with E-state index in [2.05, 4.69) is 97.7 Å². The highest BCUT2D eigenvalue weighted by atomic mass is 32.1. The smallest absolute Gasteiger partial charge is 0.209 e. The lowest BCUT2D eigenvalue weighted by molar-refractivity contribution is 1.16. The van der Waals surface area contributed by atoms with Gasteiger partial charge in [-0.25, -0.2) is 9.97 Å². The third-order valence-corrected chi connectivity index (χ3v) is 6.68. The molecule has 35 heavy (non-hydrogen) atoms. The number of isothiocyanates is 2. The van der Waals surface area contributed by atoms with Gasteiger partial charge in [0.25, 0.3) is 0 Å². The van der Waals surface area contributed by atoms with Crippen LogP contribution in [0.25, 0.3) is 60.8 Å². The van der Waals surface area contributed by atoms with Gasteiger partial charge in [0.2, 0.25) is 11.6 Å². The van der Waals surface area contributed by atoms with E-state index in [4.69, 9.17) is 34.4 Å². The zero-order chi connectivity index (χ0) is 23.5. The fourth-order valence-corrected chi connectivity index (χ4v) is 5.36. The Labute approximate surface area is 210 Å². The Balaban J connectivity index is 1.67. The first-order valence-corrected chi connectivity index (χ1v) is 11.7. The number of aliphatic imine (C=N–C) groups is 2. The van der Waals surface area contributed by atoms with E-state index in [1.807, 2.05) is 6.07 Å². The number of hydrogen-bond acceptors (Lipinski definition) is 6. The van der Waals surface area contributed by atoms with Gasteiger partial charge in [-0.05, 0) is 48.0 Å². The molecule has 0 saturated heterocycles. The number of para-hydroxylation sites is 2. The topological polar surface area (TPSA) is 55.4 Å². The lowest BCUT2D eigenvalue weighted by Crippen LogP contribution is -1.98. The molecule has 0 spiro atoms. The van der Waals surface area contributed by atoms with Gasteiger partial charge in [-0.15, -0.1) is 0 Å². The van der Waals surface area contributed by atoms with Crippen LogP contribution in [0.3, 0.4) is 0 Å². The van der Waals surface area contributed by atoms with E-state index in [1.54, 1.807) is 0 Å². The molecule has 7 heteroatoms. The molecule has 5 nitrogen and oxygen atoms in total. The van der Waals surface area contributed by atoms with E-state index in [-0.39, 0.29) is 11.6 Å². The largest absolute Gasteiger partial charge is 0.309 e. The number of thiocarbonyl (C=S) groups is 2. The highest BCUT2D eigenvalue weighted by Gasteiger charge is 2.30. The normalized spacial score (nSPS) is 11.4. The average molecular weight is 484 g/mol. The van der Waals surface area contributed by atoms with E-state index in [1.165, 1.54) is 10.8 Å². The number of aromatic nitrogens is 3. The van der Waals surface area contributed by atoms with Crippen LogP contribution < -0.4 is 0 Å². The summed E-state index contributed by atoms with van der Waals surface area (Å²) in [7, 11) is 0. The lowest BCUT2D eigenvalue weighted by Gasteiger charge is -2.14. The molecule has 1 aliphatic carbocycles. The van der Waals surface area contributed by atoms with Crippen molar-refractivity contribution in [2.45, 2.75) is 0 Å². The molecule has 2 heterocycles. The standard InChI is InChI=1S/C28H13N5S2/c34-14-29-27-28(30-15-35)32-26-24-22(13-12-16-6-5-9-19(23(16)24)25(26)31-27)33-20-10-3-1-7-17(20)18-8-2-4-11-21(18)33/h1-13H. The molecule has 2 aromatic heterocycles. The molecule has 0 fully saturated rings. The first-order valence-electron chi connectivity index (χ1n) is 10.9. The van der Waals surface area contributed by atoms with E-state index in [0.29, 0.717) is 0 Å². The van der Waals surface area contributed by atoms with Crippen molar-refractivity contribution in [1.29, 1.82) is 0 Å². The van der Waals surface area contributed by atoms with Crippen LogP contribution in [0.5, 0.6) is 0 Å². The van der Waals surface area contributed by atoms with Crippen molar-refractivity contribution in [3.8, 4) is 28.2 Å². The molecule has 0 radical (unpaired) electrons. The van der Waals surface area contributed by atoms with Crippen LogP contribution in [-0.2, 0) is 0 Å². The van der Waals surface area contributed by atoms with E-state index in [9.17, 15) is 0 Å². The Morgan fingerprint density at radius 2 is 1.29 bits per heavy atom. The van der Waals surface area contributed by atoms with Gasteiger partial charge in [-0.3, -0.25) is 0 Å². The van der Waals surface area contributed by atoms with Gasteiger partial charge in [0, 0.05) is 27.3 Å². The predicted molar refractivity (Wildman–Crippen MR) is 148 cm³/mol. The van der Waals surface area contributed by atoms with E-state index >= 15 is 0 Å². The number of hydrogen-bond donors (Lipinski definition) is 0. The second kappa shape index (κ2) is 7.57. The SMILES string of the molecule is S=C=Nc1nc2c(nc1N=C=S)-c1c(-n3c4ccccc4c4ccccc43)ccc3cccc-2c13. The fraction of sp³-hybridized carbons (Fsp3) is 0. The average Bonchev–Trinajstić information content (AvgIpc) is 3.40. The molecule has 1 aliphatic rings. The minimum atomic E-state index is 0.272. The molecule has 4 aromatic carbocycles. The van der Waals surface area contributed by atoms with E-state index in [0.717, 1.165) is 50.0 Å². The maximum absolute atomic E-state index is 4.88. The van der Waals surface area contributed by atoms with Crippen molar-refractivity contribution in [2.24, 2.45) is 9.98 Å². The molecule has 7 rings (SSSR count). The minimum absolute atomic E-state index is 0.272. The van der Waals surface area contributed by atoms with Gasteiger partial charge in [-0.2, -0.15) is 9.98 Å². The zero-order valence-electron chi connectivity index (χ0n) is 18.1. The number of nitrogens with zero attached hydrogens (tertiary/aromatic N) is 5. The molecule has 0 bridgehead atoms. The van der Waals surface area contributed by atoms with Crippen molar-refractivity contribution in [1.82, 2.24) is 14.5 Å². The Morgan fingerprint density at radius 1 is 0.657 bits per heavy atom. The Kier molecular flexibility index (Phi) is 4.33. The van der Waals surface area contributed by atoms with Gasteiger partial charge in [0.05, 0.1) is 32.7 Å². The molecule has 162 valence electrons. The maximum Gasteiger partial charge on any atom is 0.209 e. The second-order valence-corrected chi connectivity index (χ2v) is 8.57. The number of fused-ring (bicyclic) bond motifs is 6. The summed E-state index contributed by atoms with van der Waals surface area (Å²) in [6.45, 7) is 0. The summed E-state index contributed by atoms with van der Waals surface area (Å²) in [5.74, 6) is 0.549. The molecule has 0 saturated carbocycles. The Bertz CT molecular complexity index is 1920. The molecule has 0 N–H and O–H groups in total. The van der Waals surface area contributed by atoms with Crippen LogP contribution >= 0.6 is 24.4 Å². The summed E-state index contributed by atoms with van der Waals surface area (Å²) in [4.78, 5) is 17.9. The summed E-state index contributed by atoms with van der Waals surface area (Å²) in [6.07, 6.45) is 0. The van der Waals surface area contributed by atoms with Crippen molar-refractivity contribution in [2.75, 3.05) is 0 Å². The summed E-state index contributed by atoms with van der Waals surface area (Å²) in [6, 6.07) is 27.4. The first-order chi connectivity index (χ1) is 17.3. The summed E-state index contributed by atoms with van der Waals surface area (Å²) < 4.78 is 2.30. The van der Waals surface area contributed by atoms with Gasteiger partial charge in [0.15, 0.2) is 0 Å². The molecule has 6 aromatic rings. The quantitative estimate of drug-likeness (QED) is 0.190. The Hall–Kier alpha value is -4.38.